The van der Waals surface area contributed by atoms with Crippen molar-refractivity contribution in [1.82, 2.24) is 9.88 Å². The molecule has 0 spiro atoms. The van der Waals surface area contributed by atoms with Crippen LogP contribution in [0, 0.1) is 5.82 Å². The molecule has 1 aromatic rings. The van der Waals surface area contributed by atoms with Crippen LogP contribution in [0.5, 0.6) is 0 Å². The van der Waals surface area contributed by atoms with E-state index < -0.39 is 11.9 Å². The van der Waals surface area contributed by atoms with Crippen molar-refractivity contribution in [1.29, 1.82) is 0 Å². The Bertz CT molecular complexity index is 383. The minimum atomic E-state index is -0.621. The number of aromatic nitrogens is 1. The Labute approximate surface area is 86.4 Å². The van der Waals surface area contributed by atoms with Crippen molar-refractivity contribution in [2.45, 2.75) is 12.5 Å². The highest BCUT2D eigenvalue weighted by atomic mass is 19.1. The normalized spacial score (nSPS) is 20.7. The molecule has 0 aliphatic carbocycles. The fourth-order valence-electron chi connectivity index (χ4n) is 1.65. The Morgan fingerprint density at radius 1 is 1.67 bits per heavy atom. The second-order valence-corrected chi connectivity index (χ2v) is 3.55. The third-order valence-corrected chi connectivity index (χ3v) is 2.45. The molecule has 0 saturated carbocycles. The van der Waals surface area contributed by atoms with Gasteiger partial charge in [0.1, 0.15) is 0 Å². The number of rotatable bonds is 1. The molecule has 1 fully saturated rings. The monoisotopic (exact) mass is 210 g/mol. The zero-order valence-corrected chi connectivity index (χ0v) is 8.06. The van der Waals surface area contributed by atoms with Gasteiger partial charge in [0, 0.05) is 19.3 Å². The molecule has 1 aliphatic heterocycles. The lowest BCUT2D eigenvalue weighted by molar-refractivity contribution is 0.0760. The van der Waals surface area contributed by atoms with Gasteiger partial charge in [-0.2, -0.15) is 0 Å². The van der Waals surface area contributed by atoms with Gasteiger partial charge in [-0.1, -0.05) is 0 Å². The molecule has 0 unspecified atom stereocenters. The molecule has 2 rings (SSSR count). The summed E-state index contributed by atoms with van der Waals surface area (Å²) < 4.78 is 13.2. The number of carbonyl (C=O) groups is 1. The van der Waals surface area contributed by atoms with Gasteiger partial charge in [0.15, 0.2) is 5.82 Å². The van der Waals surface area contributed by atoms with Gasteiger partial charge in [0.05, 0.1) is 17.9 Å². The molecular weight excluding hydrogens is 199 g/mol. The molecule has 1 N–H and O–H groups in total. The number of carbonyl (C=O) groups excluding carboxylic acids is 1. The van der Waals surface area contributed by atoms with Gasteiger partial charge in [0.2, 0.25) is 0 Å². The third-order valence-electron chi connectivity index (χ3n) is 2.45. The highest BCUT2D eigenvalue weighted by Gasteiger charge is 2.26. The van der Waals surface area contributed by atoms with Gasteiger partial charge in [0.25, 0.3) is 5.91 Å². The standard InChI is InChI=1S/C10H11FN2O2/c11-9-5-12-3-1-8(9)10(15)13-4-2-7(14)6-13/h1,3,5,7,14H,2,4,6H2/t7-/m0/s1. The van der Waals surface area contributed by atoms with E-state index in [4.69, 9.17) is 0 Å². The van der Waals surface area contributed by atoms with E-state index in [1.807, 2.05) is 0 Å². The quantitative estimate of drug-likeness (QED) is 0.731. The van der Waals surface area contributed by atoms with E-state index in [1.54, 1.807) is 0 Å². The zero-order chi connectivity index (χ0) is 10.8. The summed E-state index contributed by atoms with van der Waals surface area (Å²) in [6.45, 7) is 0.752. The summed E-state index contributed by atoms with van der Waals surface area (Å²) in [4.78, 5) is 16.8. The first-order chi connectivity index (χ1) is 7.18. The maximum Gasteiger partial charge on any atom is 0.257 e. The van der Waals surface area contributed by atoms with Crippen LogP contribution in [-0.4, -0.2) is 40.1 Å². The van der Waals surface area contributed by atoms with Crippen LogP contribution in [0.3, 0.4) is 0 Å². The predicted octanol–water partition coefficient (Wildman–Crippen LogP) is 0.428. The Kier molecular flexibility index (Phi) is 2.64. The number of nitrogens with zero attached hydrogens (tertiary/aromatic N) is 2. The highest BCUT2D eigenvalue weighted by Crippen LogP contribution is 2.14. The largest absolute Gasteiger partial charge is 0.391 e. The second kappa shape index (κ2) is 3.94. The molecule has 0 radical (unpaired) electrons. The minimum Gasteiger partial charge on any atom is -0.391 e. The smallest absolute Gasteiger partial charge is 0.257 e. The van der Waals surface area contributed by atoms with Crippen LogP contribution in [0.15, 0.2) is 18.5 Å². The molecule has 1 aromatic heterocycles. The van der Waals surface area contributed by atoms with E-state index in [0.29, 0.717) is 13.0 Å². The first kappa shape index (κ1) is 10.0. The molecular formula is C10H11FN2O2. The van der Waals surface area contributed by atoms with Gasteiger partial charge < -0.3 is 10.0 Å². The molecule has 80 valence electrons. The number of halogens is 1. The average Bonchev–Trinajstić information content (AvgIpc) is 2.65. The molecule has 15 heavy (non-hydrogen) atoms. The average molecular weight is 210 g/mol. The number of hydrogen-bond acceptors (Lipinski definition) is 3. The summed E-state index contributed by atoms with van der Waals surface area (Å²) in [5, 5.41) is 9.26. The number of aliphatic hydroxyl groups excluding tert-OH is 1. The summed E-state index contributed by atoms with van der Waals surface area (Å²) in [6.07, 6.45) is 2.46. The summed E-state index contributed by atoms with van der Waals surface area (Å²) in [5.74, 6) is -1.00. The van der Waals surface area contributed by atoms with Crippen LogP contribution in [-0.2, 0) is 0 Å². The van der Waals surface area contributed by atoms with Gasteiger partial charge in [-0.25, -0.2) is 4.39 Å². The van der Waals surface area contributed by atoms with E-state index in [2.05, 4.69) is 4.98 Å². The van der Waals surface area contributed by atoms with Gasteiger partial charge in [-0.15, -0.1) is 0 Å². The van der Waals surface area contributed by atoms with Crippen LogP contribution < -0.4 is 0 Å². The molecule has 2 heterocycles. The molecule has 5 heteroatoms. The number of pyridine rings is 1. The molecule has 4 nitrogen and oxygen atoms in total. The summed E-state index contributed by atoms with van der Waals surface area (Å²) in [6, 6.07) is 1.35. The summed E-state index contributed by atoms with van der Waals surface area (Å²) in [5.41, 5.74) is 0.0131. The fraction of sp³-hybridized carbons (Fsp3) is 0.400. The fourth-order valence-corrected chi connectivity index (χ4v) is 1.65. The lowest BCUT2D eigenvalue weighted by atomic mass is 10.2. The Hall–Kier alpha value is -1.49. The van der Waals surface area contributed by atoms with Crippen LogP contribution >= 0.6 is 0 Å². The maximum absolute atomic E-state index is 13.2. The maximum atomic E-state index is 13.2. The number of β-amino-alcohol motifs (C(OH)–C–C–N with tert-alkyl or cyclic N) is 1. The summed E-state index contributed by atoms with van der Waals surface area (Å²) in [7, 11) is 0. The predicted molar refractivity (Wildman–Crippen MR) is 50.7 cm³/mol. The topological polar surface area (TPSA) is 53.4 Å². The molecule has 0 bridgehead atoms. The van der Waals surface area contributed by atoms with Crippen LogP contribution in [0.2, 0.25) is 0 Å². The number of amides is 1. The zero-order valence-electron chi connectivity index (χ0n) is 8.06. The van der Waals surface area contributed by atoms with Crippen molar-refractivity contribution in [3.63, 3.8) is 0 Å². The van der Waals surface area contributed by atoms with E-state index in [1.165, 1.54) is 17.2 Å². The first-order valence-corrected chi connectivity index (χ1v) is 4.75. The summed E-state index contributed by atoms with van der Waals surface area (Å²) >= 11 is 0. The van der Waals surface area contributed by atoms with E-state index in [9.17, 15) is 14.3 Å². The minimum absolute atomic E-state index is 0.0131. The van der Waals surface area contributed by atoms with Crippen molar-refractivity contribution in [2.24, 2.45) is 0 Å². The van der Waals surface area contributed by atoms with Crippen molar-refractivity contribution < 1.29 is 14.3 Å². The van der Waals surface area contributed by atoms with Crippen LogP contribution in [0.25, 0.3) is 0 Å². The first-order valence-electron chi connectivity index (χ1n) is 4.75. The number of hydrogen-bond donors (Lipinski definition) is 1. The number of likely N-dealkylation sites (tertiary alicyclic amines) is 1. The lowest BCUT2D eigenvalue weighted by Crippen LogP contribution is -2.30. The molecule has 0 aromatic carbocycles. The lowest BCUT2D eigenvalue weighted by Gasteiger charge is -2.15. The van der Waals surface area contributed by atoms with Gasteiger partial charge >= 0.3 is 0 Å². The highest BCUT2D eigenvalue weighted by molar-refractivity contribution is 5.94. The Morgan fingerprint density at radius 3 is 3.07 bits per heavy atom. The number of aliphatic hydroxyl groups is 1. The molecule has 1 saturated heterocycles. The van der Waals surface area contributed by atoms with Crippen molar-refractivity contribution in [2.75, 3.05) is 13.1 Å². The SMILES string of the molecule is O=C(c1ccncc1F)N1CC[C@H](O)C1. The molecule has 1 amide bonds. The van der Waals surface area contributed by atoms with Crippen LogP contribution in [0.1, 0.15) is 16.8 Å². The molecule has 1 aliphatic rings. The van der Waals surface area contributed by atoms with Crippen molar-refractivity contribution in [3.8, 4) is 0 Å². The van der Waals surface area contributed by atoms with E-state index in [0.717, 1.165) is 6.20 Å². The van der Waals surface area contributed by atoms with E-state index >= 15 is 0 Å². The third kappa shape index (κ3) is 1.97. The second-order valence-electron chi connectivity index (χ2n) is 3.55. The molecule has 1 atom stereocenters. The van der Waals surface area contributed by atoms with Crippen molar-refractivity contribution >= 4 is 5.91 Å². The van der Waals surface area contributed by atoms with Gasteiger partial charge in [-0.3, -0.25) is 9.78 Å². The van der Waals surface area contributed by atoms with Crippen LogP contribution in [0.4, 0.5) is 4.39 Å². The Balaban J connectivity index is 2.18. The van der Waals surface area contributed by atoms with Gasteiger partial charge in [-0.05, 0) is 12.5 Å². The Morgan fingerprint density at radius 2 is 2.47 bits per heavy atom. The van der Waals surface area contributed by atoms with E-state index in [-0.39, 0.29) is 18.0 Å². The van der Waals surface area contributed by atoms with Crippen molar-refractivity contribution in [3.05, 3.63) is 29.8 Å².